The van der Waals surface area contributed by atoms with Gasteiger partial charge in [0.2, 0.25) is 0 Å². The summed E-state index contributed by atoms with van der Waals surface area (Å²) >= 11 is 0. The van der Waals surface area contributed by atoms with E-state index in [-0.39, 0.29) is 0 Å². The van der Waals surface area contributed by atoms with Gasteiger partial charge in [0, 0.05) is 45.3 Å². The Hall–Kier alpha value is -8.60. The van der Waals surface area contributed by atoms with Gasteiger partial charge in [0.05, 0.1) is 22.4 Å². The molecule has 0 radical (unpaired) electrons. The summed E-state index contributed by atoms with van der Waals surface area (Å²) in [5, 5.41) is 0. The van der Waals surface area contributed by atoms with Gasteiger partial charge in [-0.1, -0.05) is 182 Å². The monoisotopic (exact) mass is 820 g/mol. The van der Waals surface area contributed by atoms with Crippen LogP contribution in [0.1, 0.15) is 22.3 Å². The van der Waals surface area contributed by atoms with E-state index >= 15 is 0 Å². The molecule has 0 aliphatic heterocycles. The van der Waals surface area contributed by atoms with Crippen LogP contribution in [-0.4, -0.2) is 9.97 Å². The first-order chi connectivity index (χ1) is 31.7. The van der Waals surface area contributed by atoms with Gasteiger partial charge in [0.15, 0.2) is 0 Å². The molecule has 0 saturated carbocycles. The van der Waals surface area contributed by atoms with Crippen LogP contribution in [-0.2, 0) is 0 Å². The van der Waals surface area contributed by atoms with Gasteiger partial charge < -0.3 is 9.80 Å². The van der Waals surface area contributed by atoms with Gasteiger partial charge in [-0.25, -0.2) is 9.97 Å². The highest BCUT2D eigenvalue weighted by Crippen LogP contribution is 2.37. The van der Waals surface area contributed by atoms with E-state index in [1.165, 1.54) is 0 Å². The van der Waals surface area contributed by atoms with Crippen LogP contribution in [0.15, 0.2) is 243 Å². The summed E-state index contributed by atoms with van der Waals surface area (Å²) in [6.45, 7) is 0. The first-order valence-electron chi connectivity index (χ1n) is 21.6. The Balaban J connectivity index is 0.862. The average molecular weight is 821 g/mol. The van der Waals surface area contributed by atoms with Crippen molar-refractivity contribution in [2.75, 3.05) is 9.80 Å². The SMILES string of the molecule is C(=C\c1ccc(N(c2ccccc2)c2ccccc2)cc1)/c1ccc(-c2nc3ccccc3nc2-c2ccc(/C=C/c3ccc(N(c4ccccc4)c4ccccc4)cc3)cc2)cc1. The van der Waals surface area contributed by atoms with E-state index in [0.29, 0.717) is 0 Å². The van der Waals surface area contributed by atoms with Crippen molar-refractivity contribution in [3.8, 4) is 22.5 Å². The third-order valence-electron chi connectivity index (χ3n) is 11.2. The lowest BCUT2D eigenvalue weighted by molar-refractivity contribution is 1.28. The molecule has 64 heavy (non-hydrogen) atoms. The average Bonchev–Trinajstić information content (AvgIpc) is 3.37. The molecule has 0 N–H and O–H groups in total. The minimum atomic E-state index is 0.856. The quantitative estimate of drug-likeness (QED) is 0.115. The molecule has 0 unspecified atom stereocenters. The maximum Gasteiger partial charge on any atom is 0.0973 e. The summed E-state index contributed by atoms with van der Waals surface area (Å²) in [6, 6.07) is 84.5. The van der Waals surface area contributed by atoms with Crippen molar-refractivity contribution in [2.45, 2.75) is 0 Å². The van der Waals surface area contributed by atoms with Gasteiger partial charge >= 0.3 is 0 Å². The van der Waals surface area contributed by atoms with Crippen LogP contribution in [0.25, 0.3) is 57.9 Å². The lowest BCUT2D eigenvalue weighted by Crippen LogP contribution is -2.09. The van der Waals surface area contributed by atoms with Gasteiger partial charge in [-0.05, 0) is 107 Å². The van der Waals surface area contributed by atoms with Crippen molar-refractivity contribution in [1.29, 1.82) is 0 Å². The second-order valence-corrected chi connectivity index (χ2v) is 15.5. The lowest BCUT2D eigenvalue weighted by atomic mass is 10.0. The van der Waals surface area contributed by atoms with E-state index in [0.717, 1.165) is 89.9 Å². The van der Waals surface area contributed by atoms with Crippen LogP contribution in [0.4, 0.5) is 34.1 Å². The summed E-state index contributed by atoms with van der Waals surface area (Å²) in [7, 11) is 0. The molecule has 0 aliphatic carbocycles. The molecule has 0 aliphatic rings. The fourth-order valence-electron chi connectivity index (χ4n) is 7.96. The zero-order chi connectivity index (χ0) is 42.9. The van der Waals surface area contributed by atoms with Crippen molar-refractivity contribution < 1.29 is 0 Å². The van der Waals surface area contributed by atoms with Gasteiger partial charge in [-0.3, -0.25) is 0 Å². The lowest BCUT2D eigenvalue weighted by Gasteiger charge is -2.25. The van der Waals surface area contributed by atoms with Crippen molar-refractivity contribution in [2.24, 2.45) is 0 Å². The molecular weight excluding hydrogens is 777 g/mol. The molecular formula is C60H44N4. The third kappa shape index (κ3) is 8.89. The van der Waals surface area contributed by atoms with Crippen LogP contribution in [0.3, 0.4) is 0 Å². The van der Waals surface area contributed by atoms with Crippen LogP contribution >= 0.6 is 0 Å². The molecule has 9 aromatic carbocycles. The minimum Gasteiger partial charge on any atom is -0.311 e. The largest absolute Gasteiger partial charge is 0.311 e. The number of rotatable bonds is 12. The van der Waals surface area contributed by atoms with Gasteiger partial charge in [-0.15, -0.1) is 0 Å². The number of aromatic nitrogens is 2. The van der Waals surface area contributed by atoms with E-state index in [9.17, 15) is 0 Å². The standard InChI is InChI=1S/C60H44N4/c1-5-15-51(16-6-1)63(52-17-7-2-8-18-52)55-41-33-47(34-42-55)27-25-45-29-37-49(38-30-45)59-60(62-58-24-14-13-23-57(58)61-59)50-39-31-46(32-40-50)26-28-48-35-43-56(44-36-48)64(53-19-9-3-10-20-53)54-21-11-4-12-22-54/h1-44H/b27-25+,28-26+. The molecule has 0 bridgehead atoms. The molecule has 1 aromatic heterocycles. The predicted molar refractivity (Wildman–Crippen MR) is 271 cm³/mol. The Morgan fingerprint density at radius 1 is 0.234 bits per heavy atom. The van der Waals surface area contributed by atoms with E-state index in [4.69, 9.17) is 9.97 Å². The molecule has 0 atom stereocenters. The van der Waals surface area contributed by atoms with Gasteiger partial charge in [0.1, 0.15) is 0 Å². The topological polar surface area (TPSA) is 32.3 Å². The molecule has 0 fully saturated rings. The van der Waals surface area contributed by atoms with Crippen LogP contribution in [0.5, 0.6) is 0 Å². The van der Waals surface area contributed by atoms with E-state index < -0.39 is 0 Å². The molecule has 0 saturated heterocycles. The molecule has 4 nitrogen and oxygen atoms in total. The number of fused-ring (bicyclic) bond motifs is 1. The Morgan fingerprint density at radius 3 is 0.750 bits per heavy atom. The van der Waals surface area contributed by atoms with Gasteiger partial charge in [0.25, 0.3) is 0 Å². The minimum absolute atomic E-state index is 0.856. The molecule has 304 valence electrons. The highest BCUT2D eigenvalue weighted by Gasteiger charge is 2.15. The maximum absolute atomic E-state index is 5.17. The highest BCUT2D eigenvalue weighted by molar-refractivity contribution is 5.87. The molecule has 0 amide bonds. The maximum atomic E-state index is 5.17. The smallest absolute Gasteiger partial charge is 0.0973 e. The summed E-state index contributed by atoms with van der Waals surface area (Å²) in [4.78, 5) is 14.9. The molecule has 10 aromatic rings. The normalized spacial score (nSPS) is 11.3. The van der Waals surface area contributed by atoms with Crippen LogP contribution in [0, 0.1) is 0 Å². The zero-order valence-electron chi connectivity index (χ0n) is 35.2. The van der Waals surface area contributed by atoms with Crippen molar-refractivity contribution >= 4 is 69.5 Å². The molecule has 0 spiro atoms. The molecule has 10 rings (SSSR count). The number of benzene rings is 9. The van der Waals surface area contributed by atoms with E-state index in [2.05, 4.69) is 228 Å². The highest BCUT2D eigenvalue weighted by atomic mass is 15.1. The number of hydrogen-bond donors (Lipinski definition) is 0. The molecule has 1 heterocycles. The summed E-state index contributed by atoms with van der Waals surface area (Å²) < 4.78 is 0. The van der Waals surface area contributed by atoms with Crippen molar-refractivity contribution in [3.63, 3.8) is 0 Å². The predicted octanol–water partition coefficient (Wildman–Crippen LogP) is 16.2. The van der Waals surface area contributed by atoms with Crippen LogP contribution in [0.2, 0.25) is 0 Å². The van der Waals surface area contributed by atoms with Crippen molar-refractivity contribution in [1.82, 2.24) is 9.97 Å². The third-order valence-corrected chi connectivity index (χ3v) is 11.2. The second-order valence-electron chi connectivity index (χ2n) is 15.5. The molecule has 4 heteroatoms. The summed E-state index contributed by atoms with van der Waals surface area (Å²) in [5.41, 5.74) is 16.6. The number of para-hydroxylation sites is 6. The van der Waals surface area contributed by atoms with Crippen LogP contribution < -0.4 is 9.80 Å². The first-order valence-corrected chi connectivity index (χ1v) is 21.6. The van der Waals surface area contributed by atoms with Gasteiger partial charge in [-0.2, -0.15) is 0 Å². The summed E-state index contributed by atoms with van der Waals surface area (Å²) in [6.07, 6.45) is 8.63. The Kier molecular flexibility index (Phi) is 11.5. The zero-order valence-corrected chi connectivity index (χ0v) is 35.2. The van der Waals surface area contributed by atoms with E-state index in [1.807, 2.05) is 48.5 Å². The Bertz CT molecular complexity index is 2850. The second kappa shape index (κ2) is 18.6. The van der Waals surface area contributed by atoms with E-state index in [1.54, 1.807) is 0 Å². The first kappa shape index (κ1) is 39.5. The number of hydrogen-bond acceptors (Lipinski definition) is 4. The fraction of sp³-hybridized carbons (Fsp3) is 0. The fourth-order valence-corrected chi connectivity index (χ4v) is 7.96. The van der Waals surface area contributed by atoms with Crippen molar-refractivity contribution in [3.05, 3.63) is 265 Å². The summed E-state index contributed by atoms with van der Waals surface area (Å²) in [5.74, 6) is 0. The number of anilines is 6. The number of nitrogens with zero attached hydrogens (tertiary/aromatic N) is 4. The Labute approximate surface area is 375 Å². The Morgan fingerprint density at radius 2 is 0.469 bits per heavy atom.